The van der Waals surface area contributed by atoms with E-state index in [1.54, 1.807) is 0 Å². The maximum absolute atomic E-state index is 11.9. The molecule has 1 unspecified atom stereocenters. The molecule has 1 atom stereocenters. The SMILES string of the molecule is Cc1c(Br)cccc1NC(=O)C1CCNC1.Cl. The van der Waals surface area contributed by atoms with Gasteiger partial charge in [-0.25, -0.2) is 0 Å². The van der Waals surface area contributed by atoms with Crippen LogP contribution in [0.3, 0.4) is 0 Å². The van der Waals surface area contributed by atoms with E-state index in [4.69, 9.17) is 0 Å². The molecule has 1 aliphatic rings. The molecule has 0 aliphatic carbocycles. The molecular weight excluding hydrogens is 304 g/mol. The minimum Gasteiger partial charge on any atom is -0.326 e. The molecule has 1 fully saturated rings. The molecule has 0 spiro atoms. The first-order chi connectivity index (χ1) is 7.68. The largest absolute Gasteiger partial charge is 0.326 e. The lowest BCUT2D eigenvalue weighted by molar-refractivity contribution is -0.119. The summed E-state index contributed by atoms with van der Waals surface area (Å²) < 4.78 is 1.02. The van der Waals surface area contributed by atoms with E-state index in [2.05, 4.69) is 26.6 Å². The highest BCUT2D eigenvalue weighted by Gasteiger charge is 2.22. The summed E-state index contributed by atoms with van der Waals surface area (Å²) in [5.74, 6) is 0.226. The summed E-state index contributed by atoms with van der Waals surface area (Å²) in [6, 6.07) is 5.84. The zero-order valence-corrected chi connectivity index (χ0v) is 12.0. The molecule has 2 N–H and O–H groups in total. The Balaban J connectivity index is 0.00000144. The third-order valence-electron chi connectivity index (χ3n) is 2.96. The molecule has 2 rings (SSSR count). The zero-order valence-electron chi connectivity index (χ0n) is 9.63. The van der Waals surface area contributed by atoms with Gasteiger partial charge in [-0.15, -0.1) is 12.4 Å². The third-order valence-corrected chi connectivity index (χ3v) is 3.82. The topological polar surface area (TPSA) is 41.1 Å². The van der Waals surface area contributed by atoms with Crippen molar-refractivity contribution in [3.63, 3.8) is 0 Å². The lowest BCUT2D eigenvalue weighted by Gasteiger charge is -2.12. The highest BCUT2D eigenvalue weighted by Crippen LogP contribution is 2.24. The van der Waals surface area contributed by atoms with Crippen molar-refractivity contribution in [2.24, 2.45) is 5.92 Å². The Morgan fingerprint density at radius 2 is 2.29 bits per heavy atom. The molecule has 1 amide bonds. The van der Waals surface area contributed by atoms with Crippen molar-refractivity contribution in [2.75, 3.05) is 18.4 Å². The number of carbonyl (C=O) groups is 1. The number of hydrogen-bond donors (Lipinski definition) is 2. The number of amides is 1. The number of nitrogens with one attached hydrogen (secondary N) is 2. The highest BCUT2D eigenvalue weighted by molar-refractivity contribution is 9.10. The van der Waals surface area contributed by atoms with Crippen molar-refractivity contribution >= 4 is 39.9 Å². The molecule has 1 saturated heterocycles. The summed E-state index contributed by atoms with van der Waals surface area (Å²) in [6.07, 6.45) is 0.929. The molecule has 1 aromatic rings. The molecule has 1 heterocycles. The lowest BCUT2D eigenvalue weighted by Crippen LogP contribution is -2.24. The Hall–Kier alpha value is -0.580. The molecular formula is C12H16BrClN2O. The van der Waals surface area contributed by atoms with Crippen molar-refractivity contribution in [1.29, 1.82) is 0 Å². The number of benzene rings is 1. The summed E-state index contributed by atoms with van der Waals surface area (Å²) in [5.41, 5.74) is 1.97. The van der Waals surface area contributed by atoms with Crippen molar-refractivity contribution in [3.05, 3.63) is 28.2 Å². The minimum atomic E-state index is 0. The number of hydrogen-bond acceptors (Lipinski definition) is 2. The minimum absolute atomic E-state index is 0. The first kappa shape index (κ1) is 14.5. The second-order valence-corrected chi connectivity index (χ2v) is 4.95. The van der Waals surface area contributed by atoms with Crippen molar-refractivity contribution in [3.8, 4) is 0 Å². The van der Waals surface area contributed by atoms with Crippen LogP contribution < -0.4 is 10.6 Å². The predicted octanol–water partition coefficient (Wildman–Crippen LogP) is 2.73. The highest BCUT2D eigenvalue weighted by atomic mass is 79.9. The normalized spacial score (nSPS) is 18.6. The second kappa shape index (κ2) is 6.38. The molecule has 17 heavy (non-hydrogen) atoms. The average Bonchev–Trinajstić information content (AvgIpc) is 2.78. The van der Waals surface area contributed by atoms with Gasteiger partial charge in [0.1, 0.15) is 0 Å². The van der Waals surface area contributed by atoms with E-state index in [0.29, 0.717) is 0 Å². The van der Waals surface area contributed by atoms with Crippen LogP contribution >= 0.6 is 28.3 Å². The maximum atomic E-state index is 11.9. The van der Waals surface area contributed by atoms with Crippen molar-refractivity contribution in [2.45, 2.75) is 13.3 Å². The van der Waals surface area contributed by atoms with Gasteiger partial charge in [0.2, 0.25) is 5.91 Å². The number of anilines is 1. The van der Waals surface area contributed by atoms with Crippen LogP contribution in [0.1, 0.15) is 12.0 Å². The summed E-state index contributed by atoms with van der Waals surface area (Å²) in [5, 5.41) is 6.18. The van der Waals surface area contributed by atoms with Crippen LogP contribution in [0.15, 0.2) is 22.7 Å². The summed E-state index contributed by atoms with van der Waals surface area (Å²) in [4.78, 5) is 11.9. The van der Waals surface area contributed by atoms with Crippen LogP contribution in [0.25, 0.3) is 0 Å². The molecule has 0 saturated carbocycles. The Morgan fingerprint density at radius 1 is 1.53 bits per heavy atom. The van der Waals surface area contributed by atoms with Crippen LogP contribution in [0.5, 0.6) is 0 Å². The Kier molecular flexibility index (Phi) is 5.43. The summed E-state index contributed by atoms with van der Waals surface area (Å²) in [7, 11) is 0. The van der Waals surface area contributed by atoms with Gasteiger partial charge in [-0.1, -0.05) is 22.0 Å². The van der Waals surface area contributed by atoms with E-state index >= 15 is 0 Å². The monoisotopic (exact) mass is 318 g/mol. The molecule has 0 radical (unpaired) electrons. The summed E-state index contributed by atoms with van der Waals surface area (Å²) >= 11 is 3.46. The third kappa shape index (κ3) is 3.44. The average molecular weight is 320 g/mol. The van der Waals surface area contributed by atoms with Crippen LogP contribution in [-0.2, 0) is 4.79 Å². The van der Waals surface area contributed by atoms with Gasteiger partial charge < -0.3 is 10.6 Å². The van der Waals surface area contributed by atoms with Crippen molar-refractivity contribution < 1.29 is 4.79 Å². The van der Waals surface area contributed by atoms with Crippen LogP contribution in [0.4, 0.5) is 5.69 Å². The molecule has 5 heteroatoms. The fourth-order valence-corrected chi connectivity index (χ4v) is 2.22. The van der Waals surface area contributed by atoms with Gasteiger partial charge >= 0.3 is 0 Å². The first-order valence-corrected chi connectivity index (χ1v) is 6.24. The van der Waals surface area contributed by atoms with E-state index in [1.165, 1.54) is 0 Å². The summed E-state index contributed by atoms with van der Waals surface area (Å²) in [6.45, 7) is 3.72. The van der Waals surface area contributed by atoms with Crippen LogP contribution in [0.2, 0.25) is 0 Å². The van der Waals surface area contributed by atoms with E-state index in [-0.39, 0.29) is 24.2 Å². The molecule has 0 bridgehead atoms. The molecule has 94 valence electrons. The maximum Gasteiger partial charge on any atom is 0.228 e. The molecule has 1 aromatic carbocycles. The van der Waals surface area contributed by atoms with Gasteiger partial charge in [0, 0.05) is 16.7 Å². The Bertz CT molecular complexity index is 405. The van der Waals surface area contributed by atoms with Gasteiger partial charge in [0.15, 0.2) is 0 Å². The van der Waals surface area contributed by atoms with Gasteiger partial charge in [0.25, 0.3) is 0 Å². The van der Waals surface area contributed by atoms with E-state index in [0.717, 1.165) is 35.2 Å². The second-order valence-electron chi connectivity index (χ2n) is 4.09. The Morgan fingerprint density at radius 3 is 2.94 bits per heavy atom. The lowest BCUT2D eigenvalue weighted by atomic mass is 10.1. The van der Waals surface area contributed by atoms with Crippen LogP contribution in [0, 0.1) is 12.8 Å². The van der Waals surface area contributed by atoms with Crippen molar-refractivity contribution in [1.82, 2.24) is 5.32 Å². The molecule has 0 aromatic heterocycles. The van der Waals surface area contributed by atoms with E-state index in [9.17, 15) is 4.79 Å². The fourth-order valence-electron chi connectivity index (χ4n) is 1.86. The first-order valence-electron chi connectivity index (χ1n) is 5.45. The van der Waals surface area contributed by atoms with E-state index < -0.39 is 0 Å². The quantitative estimate of drug-likeness (QED) is 0.880. The van der Waals surface area contributed by atoms with E-state index in [1.807, 2.05) is 25.1 Å². The smallest absolute Gasteiger partial charge is 0.228 e. The fraction of sp³-hybridized carbons (Fsp3) is 0.417. The van der Waals surface area contributed by atoms with Gasteiger partial charge in [0.05, 0.1) is 5.92 Å². The molecule has 1 aliphatic heterocycles. The van der Waals surface area contributed by atoms with Gasteiger partial charge in [-0.2, -0.15) is 0 Å². The molecule has 3 nitrogen and oxygen atoms in total. The van der Waals surface area contributed by atoms with Gasteiger partial charge in [-0.05, 0) is 37.6 Å². The Labute approximate surface area is 116 Å². The zero-order chi connectivity index (χ0) is 11.5. The number of halogens is 2. The van der Waals surface area contributed by atoms with Crippen LogP contribution in [-0.4, -0.2) is 19.0 Å². The predicted molar refractivity (Wildman–Crippen MR) is 75.7 cm³/mol. The van der Waals surface area contributed by atoms with Gasteiger partial charge in [-0.3, -0.25) is 4.79 Å². The number of rotatable bonds is 2. The standard InChI is InChI=1S/C12H15BrN2O.ClH/c1-8-10(13)3-2-4-11(8)15-12(16)9-5-6-14-7-9;/h2-4,9,14H,5-7H2,1H3,(H,15,16);1H. The number of carbonyl (C=O) groups excluding carboxylic acids is 1.